The summed E-state index contributed by atoms with van der Waals surface area (Å²) in [5.41, 5.74) is 0.953. The summed E-state index contributed by atoms with van der Waals surface area (Å²) in [6.07, 6.45) is 4.01. The van der Waals surface area contributed by atoms with Crippen molar-refractivity contribution >= 4 is 15.7 Å². The fourth-order valence-electron chi connectivity index (χ4n) is 2.42. The summed E-state index contributed by atoms with van der Waals surface area (Å²) in [6, 6.07) is 8.41. The number of oxime groups is 1. The van der Waals surface area contributed by atoms with E-state index >= 15 is 0 Å². The molecule has 1 aliphatic carbocycles. The fourth-order valence-corrected chi connectivity index (χ4v) is 3.52. The molecule has 1 saturated carbocycles. The third-order valence-electron chi connectivity index (χ3n) is 3.49. The third kappa shape index (κ3) is 3.80. The molecule has 0 aliphatic heterocycles. The quantitative estimate of drug-likeness (QED) is 0.847. The zero-order chi connectivity index (χ0) is 14.4. The molecule has 1 unspecified atom stereocenters. The minimum absolute atomic E-state index is 0.127. The maximum Gasteiger partial charge on any atom is 0.240 e. The third-order valence-corrected chi connectivity index (χ3v) is 4.93. The highest BCUT2D eigenvalue weighted by Gasteiger charge is 2.23. The van der Waals surface area contributed by atoms with Gasteiger partial charge >= 0.3 is 0 Å². The average molecular weight is 296 g/mol. The molecule has 1 atom stereocenters. The van der Waals surface area contributed by atoms with E-state index in [0.29, 0.717) is 11.4 Å². The van der Waals surface area contributed by atoms with Gasteiger partial charge in [0.1, 0.15) is 7.11 Å². The molecule has 20 heavy (non-hydrogen) atoms. The van der Waals surface area contributed by atoms with Crippen molar-refractivity contribution < 1.29 is 13.3 Å². The Morgan fingerprint density at radius 3 is 2.75 bits per heavy atom. The van der Waals surface area contributed by atoms with Gasteiger partial charge in [-0.15, -0.1) is 0 Å². The Bertz CT molecular complexity index is 555. The smallest absolute Gasteiger partial charge is 0.240 e. The van der Waals surface area contributed by atoms with Gasteiger partial charge in [0, 0.05) is 12.5 Å². The molecule has 1 aromatic carbocycles. The molecule has 1 N–H and O–H groups in total. The summed E-state index contributed by atoms with van der Waals surface area (Å²) in [7, 11) is -1.92. The second-order valence-electron chi connectivity index (χ2n) is 4.87. The molecule has 0 spiro atoms. The summed E-state index contributed by atoms with van der Waals surface area (Å²) in [5, 5.41) is 4.02. The Morgan fingerprint density at radius 2 is 2.05 bits per heavy atom. The standard InChI is InChI=1S/C14H20N2O3S/c1-19-16-14-10-6-5-7-12(14)11-15-20(17,18)13-8-3-2-4-9-13/h2-4,8-9,12,15H,5-7,10-11H2,1H3/b16-14-. The van der Waals surface area contributed by atoms with Crippen LogP contribution >= 0.6 is 0 Å². The fraction of sp³-hybridized carbons (Fsp3) is 0.500. The number of nitrogens with one attached hydrogen (secondary N) is 1. The molecule has 6 heteroatoms. The Hall–Kier alpha value is -1.40. The predicted molar refractivity (Wildman–Crippen MR) is 78.0 cm³/mol. The summed E-state index contributed by atoms with van der Waals surface area (Å²) >= 11 is 0. The topological polar surface area (TPSA) is 67.8 Å². The van der Waals surface area contributed by atoms with Gasteiger partial charge in [-0.2, -0.15) is 0 Å². The van der Waals surface area contributed by atoms with Crippen LogP contribution in [0.5, 0.6) is 0 Å². The van der Waals surface area contributed by atoms with Crippen molar-refractivity contribution in [3.05, 3.63) is 30.3 Å². The van der Waals surface area contributed by atoms with Crippen molar-refractivity contribution in [3.8, 4) is 0 Å². The Labute approximate surface area is 120 Å². The van der Waals surface area contributed by atoms with Crippen molar-refractivity contribution in [1.29, 1.82) is 0 Å². The summed E-state index contributed by atoms with van der Waals surface area (Å²) < 4.78 is 27.0. The van der Waals surface area contributed by atoms with Crippen LogP contribution in [0.4, 0.5) is 0 Å². The van der Waals surface area contributed by atoms with E-state index in [1.807, 2.05) is 0 Å². The average Bonchev–Trinajstić information content (AvgIpc) is 2.48. The molecular formula is C14H20N2O3S. The monoisotopic (exact) mass is 296 g/mol. The molecule has 0 aromatic heterocycles. The van der Waals surface area contributed by atoms with Crippen LogP contribution < -0.4 is 4.72 Å². The van der Waals surface area contributed by atoms with Gasteiger partial charge in [0.2, 0.25) is 10.0 Å². The first kappa shape index (κ1) is 15.0. The highest BCUT2D eigenvalue weighted by molar-refractivity contribution is 7.89. The Balaban J connectivity index is 2.02. The van der Waals surface area contributed by atoms with Crippen molar-refractivity contribution in [3.63, 3.8) is 0 Å². The minimum Gasteiger partial charge on any atom is -0.399 e. The normalized spacial score (nSPS) is 21.9. The van der Waals surface area contributed by atoms with Crippen LogP contribution in [-0.4, -0.2) is 27.8 Å². The van der Waals surface area contributed by atoms with Crippen molar-refractivity contribution in [2.75, 3.05) is 13.7 Å². The van der Waals surface area contributed by atoms with Crippen LogP contribution in [0.25, 0.3) is 0 Å². The lowest BCUT2D eigenvalue weighted by Crippen LogP contribution is -2.34. The van der Waals surface area contributed by atoms with Gasteiger partial charge in [-0.25, -0.2) is 13.1 Å². The van der Waals surface area contributed by atoms with Crippen LogP contribution in [-0.2, 0) is 14.9 Å². The van der Waals surface area contributed by atoms with E-state index in [-0.39, 0.29) is 5.92 Å². The van der Waals surface area contributed by atoms with Crippen LogP contribution in [0.2, 0.25) is 0 Å². The molecule has 110 valence electrons. The zero-order valence-electron chi connectivity index (χ0n) is 11.6. The van der Waals surface area contributed by atoms with E-state index in [1.165, 1.54) is 7.11 Å². The molecule has 0 heterocycles. The van der Waals surface area contributed by atoms with E-state index in [4.69, 9.17) is 4.84 Å². The Kier molecular flexibility index (Phi) is 5.14. The number of sulfonamides is 1. The summed E-state index contributed by atoms with van der Waals surface area (Å²) in [4.78, 5) is 5.13. The van der Waals surface area contributed by atoms with Gasteiger partial charge in [0.15, 0.2) is 0 Å². The van der Waals surface area contributed by atoms with Crippen LogP contribution in [0.3, 0.4) is 0 Å². The largest absolute Gasteiger partial charge is 0.399 e. The first-order chi connectivity index (χ1) is 9.63. The summed E-state index contributed by atoms with van der Waals surface area (Å²) in [5.74, 6) is 0.127. The number of hydrogen-bond acceptors (Lipinski definition) is 4. The highest BCUT2D eigenvalue weighted by atomic mass is 32.2. The van der Waals surface area contributed by atoms with Gasteiger partial charge < -0.3 is 4.84 Å². The van der Waals surface area contributed by atoms with E-state index in [1.54, 1.807) is 30.3 Å². The van der Waals surface area contributed by atoms with Gasteiger partial charge in [-0.1, -0.05) is 29.8 Å². The van der Waals surface area contributed by atoms with Crippen LogP contribution in [0.1, 0.15) is 25.7 Å². The van der Waals surface area contributed by atoms with E-state index in [9.17, 15) is 8.42 Å². The molecule has 0 radical (unpaired) electrons. The van der Waals surface area contributed by atoms with Gasteiger partial charge in [0.25, 0.3) is 0 Å². The molecule has 5 nitrogen and oxygen atoms in total. The number of benzene rings is 1. The maximum absolute atomic E-state index is 12.2. The van der Waals surface area contributed by atoms with Gasteiger partial charge in [-0.3, -0.25) is 0 Å². The molecule has 0 amide bonds. The number of hydrogen-bond donors (Lipinski definition) is 1. The second kappa shape index (κ2) is 6.85. The van der Waals surface area contributed by atoms with E-state index < -0.39 is 10.0 Å². The summed E-state index contributed by atoms with van der Waals surface area (Å²) in [6.45, 7) is 0.374. The van der Waals surface area contributed by atoms with Crippen molar-refractivity contribution in [2.45, 2.75) is 30.6 Å². The van der Waals surface area contributed by atoms with Gasteiger partial charge in [-0.05, 0) is 31.4 Å². The number of rotatable bonds is 5. The second-order valence-corrected chi connectivity index (χ2v) is 6.64. The molecular weight excluding hydrogens is 276 g/mol. The molecule has 1 aromatic rings. The van der Waals surface area contributed by atoms with Gasteiger partial charge in [0.05, 0.1) is 10.6 Å². The molecule has 1 fully saturated rings. The van der Waals surface area contributed by atoms with Crippen molar-refractivity contribution in [1.82, 2.24) is 4.72 Å². The highest BCUT2D eigenvalue weighted by Crippen LogP contribution is 2.22. The molecule has 1 aliphatic rings. The molecule has 0 bridgehead atoms. The van der Waals surface area contributed by atoms with E-state index in [2.05, 4.69) is 9.88 Å². The number of nitrogens with zero attached hydrogens (tertiary/aromatic N) is 1. The first-order valence-electron chi connectivity index (χ1n) is 6.78. The lowest BCUT2D eigenvalue weighted by atomic mass is 9.87. The first-order valence-corrected chi connectivity index (χ1v) is 8.26. The zero-order valence-corrected chi connectivity index (χ0v) is 12.4. The van der Waals surface area contributed by atoms with Crippen LogP contribution in [0, 0.1) is 5.92 Å². The van der Waals surface area contributed by atoms with Crippen LogP contribution in [0.15, 0.2) is 40.4 Å². The SMILES string of the molecule is CO/N=C1/CCCCC1CNS(=O)(=O)c1ccccc1. The minimum atomic E-state index is -3.44. The lowest BCUT2D eigenvalue weighted by molar-refractivity contribution is 0.208. The maximum atomic E-state index is 12.2. The van der Waals surface area contributed by atoms with E-state index in [0.717, 1.165) is 31.4 Å². The lowest BCUT2D eigenvalue weighted by Gasteiger charge is -2.23. The predicted octanol–water partition coefficient (Wildman–Crippen LogP) is 2.16. The molecule has 2 rings (SSSR count). The molecule has 0 saturated heterocycles. The Morgan fingerprint density at radius 1 is 1.30 bits per heavy atom. The van der Waals surface area contributed by atoms with Crippen molar-refractivity contribution in [2.24, 2.45) is 11.1 Å².